The van der Waals surface area contributed by atoms with Gasteiger partial charge in [0.05, 0.1) is 6.54 Å². The Kier molecular flexibility index (Phi) is 6.02. The van der Waals surface area contributed by atoms with Crippen LogP contribution in [-0.4, -0.2) is 50.7 Å². The highest BCUT2D eigenvalue weighted by atomic mass is 35.5. The SMILES string of the molecule is O=C(Nc1ncn(Cc2ccc(Cl)cc2Cl)n1)c1ccn(Cn2nnc(-c3ccccc3)n2)n1. The molecule has 2 aromatic carbocycles. The molecule has 0 fully saturated rings. The summed E-state index contributed by atoms with van der Waals surface area (Å²) in [5, 5.41) is 24.6. The minimum absolute atomic E-state index is 0.148. The number of hydrogen-bond donors (Lipinski definition) is 1. The zero-order valence-electron chi connectivity index (χ0n) is 17.5. The standard InChI is InChI=1S/C21H16Cl2N10O/c22-16-7-6-15(17(23)10-16)11-32-12-24-21(29-32)25-20(34)18-8-9-31(27-18)13-33-28-19(26-30-33)14-4-2-1-3-5-14/h1-10,12H,11,13H2,(H,25,29,34). The maximum atomic E-state index is 12.6. The second-order valence-electron chi connectivity index (χ2n) is 7.19. The van der Waals surface area contributed by atoms with Gasteiger partial charge >= 0.3 is 0 Å². The Morgan fingerprint density at radius 3 is 2.65 bits per heavy atom. The Morgan fingerprint density at radius 1 is 0.971 bits per heavy atom. The zero-order valence-corrected chi connectivity index (χ0v) is 19.0. The van der Waals surface area contributed by atoms with E-state index < -0.39 is 5.91 Å². The van der Waals surface area contributed by atoms with Crippen LogP contribution in [0.15, 0.2) is 67.1 Å². The molecule has 0 aliphatic heterocycles. The van der Waals surface area contributed by atoms with Gasteiger partial charge in [0.15, 0.2) is 12.4 Å². The number of carbonyl (C=O) groups is 1. The molecule has 1 N–H and O–H groups in total. The van der Waals surface area contributed by atoms with Crippen LogP contribution in [-0.2, 0) is 13.2 Å². The highest BCUT2D eigenvalue weighted by Crippen LogP contribution is 2.21. The molecule has 34 heavy (non-hydrogen) atoms. The van der Waals surface area contributed by atoms with Crippen LogP contribution in [0, 0.1) is 0 Å². The number of anilines is 1. The number of rotatable bonds is 7. The number of tetrazole rings is 1. The van der Waals surface area contributed by atoms with Crippen LogP contribution in [0.2, 0.25) is 10.0 Å². The van der Waals surface area contributed by atoms with E-state index in [2.05, 4.69) is 35.9 Å². The molecule has 11 nitrogen and oxygen atoms in total. The van der Waals surface area contributed by atoms with Gasteiger partial charge in [0, 0.05) is 21.8 Å². The smallest absolute Gasteiger partial charge is 0.278 e. The second-order valence-corrected chi connectivity index (χ2v) is 8.03. The van der Waals surface area contributed by atoms with Crippen molar-refractivity contribution in [3.8, 4) is 11.4 Å². The van der Waals surface area contributed by atoms with E-state index in [4.69, 9.17) is 23.2 Å². The Hall–Kier alpha value is -4.09. The van der Waals surface area contributed by atoms with E-state index in [1.54, 1.807) is 29.1 Å². The fraction of sp³-hybridized carbons (Fsp3) is 0.0952. The summed E-state index contributed by atoms with van der Waals surface area (Å²) in [6.45, 7) is 0.575. The number of benzene rings is 2. The highest BCUT2D eigenvalue weighted by molar-refractivity contribution is 6.35. The predicted molar refractivity (Wildman–Crippen MR) is 124 cm³/mol. The van der Waals surface area contributed by atoms with E-state index in [9.17, 15) is 4.79 Å². The van der Waals surface area contributed by atoms with Crippen molar-refractivity contribution in [1.29, 1.82) is 0 Å². The molecule has 0 aliphatic carbocycles. The maximum absolute atomic E-state index is 12.6. The van der Waals surface area contributed by atoms with Crippen LogP contribution < -0.4 is 5.32 Å². The van der Waals surface area contributed by atoms with E-state index in [1.807, 2.05) is 36.4 Å². The molecule has 0 radical (unpaired) electrons. The third-order valence-corrected chi connectivity index (χ3v) is 5.33. The average Bonchev–Trinajstić information content (AvgIpc) is 3.58. The normalized spacial score (nSPS) is 11.0. The van der Waals surface area contributed by atoms with Crippen LogP contribution in [0.1, 0.15) is 16.1 Å². The molecular formula is C21H16Cl2N10O. The molecular weight excluding hydrogens is 479 g/mol. The molecule has 0 unspecified atom stereocenters. The minimum atomic E-state index is -0.447. The van der Waals surface area contributed by atoms with Gasteiger partial charge in [-0.15, -0.1) is 20.1 Å². The monoisotopic (exact) mass is 494 g/mol. The molecule has 0 saturated heterocycles. The molecule has 170 valence electrons. The minimum Gasteiger partial charge on any atom is -0.288 e. The van der Waals surface area contributed by atoms with Gasteiger partial charge in [-0.3, -0.25) is 10.1 Å². The van der Waals surface area contributed by atoms with Crippen LogP contribution in [0.5, 0.6) is 0 Å². The summed E-state index contributed by atoms with van der Waals surface area (Å²) < 4.78 is 3.09. The molecule has 0 bridgehead atoms. The first-order valence-electron chi connectivity index (χ1n) is 10.0. The number of hydrogen-bond acceptors (Lipinski definition) is 7. The fourth-order valence-electron chi connectivity index (χ4n) is 3.12. The van der Waals surface area contributed by atoms with Crippen molar-refractivity contribution in [3.05, 3.63) is 88.4 Å². The predicted octanol–water partition coefficient (Wildman–Crippen LogP) is 3.24. The number of carbonyl (C=O) groups excluding carboxylic acids is 1. The van der Waals surface area contributed by atoms with Crippen LogP contribution in [0.4, 0.5) is 5.95 Å². The summed E-state index contributed by atoms with van der Waals surface area (Å²) in [5.74, 6) is 0.208. The average molecular weight is 495 g/mol. The quantitative estimate of drug-likeness (QED) is 0.368. The topological polar surface area (TPSA) is 121 Å². The van der Waals surface area contributed by atoms with Crippen LogP contribution >= 0.6 is 23.2 Å². The second kappa shape index (κ2) is 9.41. The van der Waals surface area contributed by atoms with Gasteiger partial charge in [-0.1, -0.05) is 59.6 Å². The molecule has 3 heterocycles. The first-order valence-corrected chi connectivity index (χ1v) is 10.8. The first-order chi connectivity index (χ1) is 16.5. The molecule has 1 amide bonds. The number of nitrogens with zero attached hydrogens (tertiary/aromatic N) is 9. The van der Waals surface area contributed by atoms with Crippen LogP contribution in [0.3, 0.4) is 0 Å². The number of amides is 1. The Labute approximate surface area is 202 Å². The summed E-state index contributed by atoms with van der Waals surface area (Å²) >= 11 is 12.1. The van der Waals surface area contributed by atoms with E-state index in [0.717, 1.165) is 11.1 Å². The Bertz CT molecular complexity index is 1440. The van der Waals surface area contributed by atoms with Crippen LogP contribution in [0.25, 0.3) is 11.4 Å². The number of halogens is 2. The summed E-state index contributed by atoms with van der Waals surface area (Å²) in [7, 11) is 0. The lowest BCUT2D eigenvalue weighted by atomic mass is 10.2. The maximum Gasteiger partial charge on any atom is 0.278 e. The Balaban J connectivity index is 1.21. The highest BCUT2D eigenvalue weighted by Gasteiger charge is 2.14. The van der Waals surface area contributed by atoms with Gasteiger partial charge in [-0.05, 0) is 29.0 Å². The van der Waals surface area contributed by atoms with E-state index >= 15 is 0 Å². The van der Waals surface area contributed by atoms with Crippen molar-refractivity contribution in [2.45, 2.75) is 13.2 Å². The molecule has 3 aromatic heterocycles. The lowest BCUT2D eigenvalue weighted by molar-refractivity contribution is 0.102. The van der Waals surface area contributed by atoms with Gasteiger partial charge in [-0.25, -0.2) is 14.3 Å². The molecule has 0 saturated carbocycles. The third kappa shape index (κ3) is 4.95. The third-order valence-electron chi connectivity index (χ3n) is 4.74. The molecule has 0 aliphatic rings. The van der Waals surface area contributed by atoms with E-state index in [0.29, 0.717) is 22.4 Å². The van der Waals surface area contributed by atoms with Crippen molar-refractivity contribution in [2.24, 2.45) is 0 Å². The van der Waals surface area contributed by atoms with Crippen molar-refractivity contribution in [3.63, 3.8) is 0 Å². The largest absolute Gasteiger partial charge is 0.288 e. The molecule has 5 aromatic rings. The van der Waals surface area contributed by atoms with Gasteiger partial charge < -0.3 is 0 Å². The van der Waals surface area contributed by atoms with E-state index in [-0.39, 0.29) is 18.3 Å². The van der Waals surface area contributed by atoms with Gasteiger partial charge in [0.2, 0.25) is 11.8 Å². The van der Waals surface area contributed by atoms with Crippen molar-refractivity contribution in [2.75, 3.05) is 5.32 Å². The van der Waals surface area contributed by atoms with Crippen molar-refractivity contribution >= 4 is 35.1 Å². The lowest BCUT2D eigenvalue weighted by Crippen LogP contribution is -2.16. The van der Waals surface area contributed by atoms with Crippen molar-refractivity contribution < 1.29 is 4.79 Å². The zero-order chi connectivity index (χ0) is 23.5. The van der Waals surface area contributed by atoms with Gasteiger partial charge in [-0.2, -0.15) is 5.10 Å². The fourth-order valence-corrected chi connectivity index (χ4v) is 3.58. The molecule has 0 atom stereocenters. The summed E-state index contributed by atoms with van der Waals surface area (Å²) in [6.07, 6.45) is 3.15. The lowest BCUT2D eigenvalue weighted by Gasteiger charge is -2.04. The molecule has 13 heteroatoms. The first kappa shape index (κ1) is 21.7. The molecule has 5 rings (SSSR count). The summed E-state index contributed by atoms with van der Waals surface area (Å²) in [6, 6.07) is 16.3. The van der Waals surface area contributed by atoms with Crippen molar-refractivity contribution in [1.82, 2.24) is 44.8 Å². The number of aromatic nitrogens is 9. The van der Waals surface area contributed by atoms with Gasteiger partial charge in [0.25, 0.3) is 5.91 Å². The van der Waals surface area contributed by atoms with E-state index in [1.165, 1.54) is 15.8 Å². The summed E-state index contributed by atoms with van der Waals surface area (Å²) in [4.78, 5) is 18.1. The number of nitrogens with one attached hydrogen (secondary N) is 1. The Morgan fingerprint density at radius 2 is 1.82 bits per heavy atom. The molecule has 0 spiro atoms. The summed E-state index contributed by atoms with van der Waals surface area (Å²) in [5.41, 5.74) is 1.88. The van der Waals surface area contributed by atoms with Gasteiger partial charge in [0.1, 0.15) is 6.33 Å².